The maximum atomic E-state index is 12.5. The molecule has 0 saturated heterocycles. The quantitative estimate of drug-likeness (QED) is 0.360. The van der Waals surface area contributed by atoms with Crippen LogP contribution < -0.4 is 10.0 Å². The van der Waals surface area contributed by atoms with Gasteiger partial charge in [-0.15, -0.1) is 0 Å². The molecule has 0 amide bonds. The lowest BCUT2D eigenvalue weighted by atomic mass is 9.97. The number of sulfonamides is 1. The fourth-order valence-corrected chi connectivity index (χ4v) is 4.18. The molecule has 7 nitrogen and oxygen atoms in total. The molecule has 2 rings (SSSR count). The van der Waals surface area contributed by atoms with E-state index < -0.39 is 16.0 Å². The molecule has 1 aliphatic rings. The third-order valence-electron chi connectivity index (χ3n) is 4.64. The van der Waals surface area contributed by atoms with Crippen molar-refractivity contribution in [2.24, 2.45) is 0 Å². The van der Waals surface area contributed by atoms with Crippen molar-refractivity contribution in [2.45, 2.75) is 50.3 Å². The molecule has 0 bridgehead atoms. The molecule has 0 unspecified atom stereocenters. The number of carboxylic acid groups (broad SMARTS) is 1. The van der Waals surface area contributed by atoms with Gasteiger partial charge in [-0.3, -0.25) is 0 Å². The van der Waals surface area contributed by atoms with Crippen LogP contribution in [0.1, 0.15) is 55.8 Å². The topological polar surface area (TPSA) is 105 Å². The molecule has 28 heavy (non-hydrogen) atoms. The monoisotopic (exact) mass is 410 g/mol. The van der Waals surface area contributed by atoms with Crippen molar-refractivity contribution in [3.63, 3.8) is 0 Å². The molecule has 0 fully saturated rings. The molecule has 0 heterocycles. The molecule has 8 heteroatoms. The van der Waals surface area contributed by atoms with E-state index in [1.54, 1.807) is 0 Å². The average Bonchev–Trinajstić information content (AvgIpc) is 2.68. The average molecular weight is 411 g/mol. The SMILES string of the molecule is CCOCCCNc1ccc(S(=O)(=O)NCCC2=CCCCC2)cc1C(=O)O. The minimum absolute atomic E-state index is 0.0395. The number of nitrogens with one attached hydrogen (secondary N) is 2. The summed E-state index contributed by atoms with van der Waals surface area (Å²) in [7, 11) is -3.75. The van der Waals surface area contributed by atoms with Gasteiger partial charge in [0.25, 0.3) is 0 Å². The van der Waals surface area contributed by atoms with Crippen LogP contribution in [-0.4, -0.2) is 45.8 Å². The zero-order valence-electron chi connectivity index (χ0n) is 16.4. The number of rotatable bonds is 12. The Balaban J connectivity index is 1.99. The van der Waals surface area contributed by atoms with Gasteiger partial charge in [-0.1, -0.05) is 11.6 Å². The maximum absolute atomic E-state index is 12.5. The number of anilines is 1. The highest BCUT2D eigenvalue weighted by Crippen LogP contribution is 2.22. The molecule has 0 spiro atoms. The van der Waals surface area contributed by atoms with Crippen LogP contribution >= 0.6 is 0 Å². The fourth-order valence-electron chi connectivity index (χ4n) is 3.12. The lowest BCUT2D eigenvalue weighted by Gasteiger charge is -2.14. The van der Waals surface area contributed by atoms with Gasteiger partial charge in [0.05, 0.1) is 10.5 Å². The van der Waals surface area contributed by atoms with Gasteiger partial charge in [0.1, 0.15) is 0 Å². The lowest BCUT2D eigenvalue weighted by molar-refractivity contribution is 0.0697. The maximum Gasteiger partial charge on any atom is 0.337 e. The number of hydrogen-bond donors (Lipinski definition) is 3. The zero-order valence-corrected chi connectivity index (χ0v) is 17.2. The largest absolute Gasteiger partial charge is 0.478 e. The minimum Gasteiger partial charge on any atom is -0.478 e. The van der Waals surface area contributed by atoms with Crippen LogP contribution in [0.2, 0.25) is 0 Å². The first-order chi connectivity index (χ1) is 13.4. The molecule has 1 aromatic carbocycles. The van der Waals surface area contributed by atoms with Crippen molar-refractivity contribution in [1.82, 2.24) is 4.72 Å². The van der Waals surface area contributed by atoms with Gasteiger partial charge in [-0.05, 0) is 63.6 Å². The summed E-state index contributed by atoms with van der Waals surface area (Å²) < 4.78 is 32.9. The van der Waals surface area contributed by atoms with E-state index >= 15 is 0 Å². The highest BCUT2D eigenvalue weighted by Gasteiger charge is 2.19. The van der Waals surface area contributed by atoms with E-state index in [4.69, 9.17) is 4.74 Å². The van der Waals surface area contributed by atoms with Gasteiger partial charge < -0.3 is 15.2 Å². The van der Waals surface area contributed by atoms with Gasteiger partial charge in [0.2, 0.25) is 10.0 Å². The van der Waals surface area contributed by atoms with Gasteiger partial charge in [0.15, 0.2) is 0 Å². The van der Waals surface area contributed by atoms with Gasteiger partial charge >= 0.3 is 5.97 Å². The second kappa shape index (κ2) is 11.2. The Kier molecular flexibility index (Phi) is 8.95. The number of aromatic carboxylic acids is 1. The second-order valence-electron chi connectivity index (χ2n) is 6.75. The van der Waals surface area contributed by atoms with Gasteiger partial charge in [-0.25, -0.2) is 17.9 Å². The van der Waals surface area contributed by atoms with E-state index in [-0.39, 0.29) is 10.5 Å². The highest BCUT2D eigenvalue weighted by molar-refractivity contribution is 7.89. The summed E-state index contributed by atoms with van der Waals surface area (Å²) in [5.41, 5.74) is 1.62. The number of carboxylic acids is 1. The fraction of sp³-hybridized carbons (Fsp3) is 0.550. The van der Waals surface area contributed by atoms with Crippen molar-refractivity contribution in [3.05, 3.63) is 35.4 Å². The van der Waals surface area contributed by atoms with E-state index in [2.05, 4.69) is 16.1 Å². The Labute approximate surface area is 167 Å². The first kappa shape index (κ1) is 22.4. The Morgan fingerprint density at radius 2 is 2.07 bits per heavy atom. The Bertz CT molecular complexity index is 790. The number of ether oxygens (including phenoxy) is 1. The molecule has 0 saturated carbocycles. The lowest BCUT2D eigenvalue weighted by Crippen LogP contribution is -2.25. The molecule has 0 atom stereocenters. The Hall–Kier alpha value is -1.90. The normalized spacial score (nSPS) is 14.5. The van der Waals surface area contributed by atoms with Crippen LogP contribution in [0.5, 0.6) is 0 Å². The predicted octanol–water partition coefficient (Wildman–Crippen LogP) is 3.39. The van der Waals surface area contributed by atoms with Crippen LogP contribution in [0.4, 0.5) is 5.69 Å². The number of benzene rings is 1. The summed E-state index contributed by atoms with van der Waals surface area (Å²) in [6.45, 7) is 3.99. The van der Waals surface area contributed by atoms with E-state index in [0.717, 1.165) is 25.7 Å². The van der Waals surface area contributed by atoms with Crippen LogP contribution in [0.15, 0.2) is 34.7 Å². The summed E-state index contributed by atoms with van der Waals surface area (Å²) in [5, 5.41) is 12.5. The standard InChI is InChI=1S/C20H30N2O5S/c1-2-27-14-6-12-21-19-10-9-17(15-18(19)20(23)24)28(25,26)22-13-11-16-7-4-3-5-8-16/h7,9-10,15,21-22H,2-6,8,11-14H2,1H3,(H,23,24). The highest BCUT2D eigenvalue weighted by atomic mass is 32.2. The van der Waals surface area contributed by atoms with Crippen LogP contribution in [-0.2, 0) is 14.8 Å². The van der Waals surface area contributed by atoms with E-state index in [9.17, 15) is 18.3 Å². The van der Waals surface area contributed by atoms with E-state index in [1.807, 2.05) is 6.92 Å². The van der Waals surface area contributed by atoms with Crippen molar-refractivity contribution in [3.8, 4) is 0 Å². The van der Waals surface area contributed by atoms with E-state index in [0.29, 0.717) is 38.4 Å². The summed E-state index contributed by atoms with van der Waals surface area (Å²) in [5.74, 6) is -1.17. The Morgan fingerprint density at radius 1 is 1.25 bits per heavy atom. The van der Waals surface area contributed by atoms with Crippen molar-refractivity contribution < 1.29 is 23.1 Å². The number of carbonyl (C=O) groups is 1. The molecule has 156 valence electrons. The van der Waals surface area contributed by atoms with Crippen molar-refractivity contribution in [1.29, 1.82) is 0 Å². The first-order valence-electron chi connectivity index (χ1n) is 9.80. The molecule has 0 aromatic heterocycles. The van der Waals surface area contributed by atoms with Crippen LogP contribution in [0.3, 0.4) is 0 Å². The summed E-state index contributed by atoms with van der Waals surface area (Å²) in [4.78, 5) is 11.5. The third kappa shape index (κ3) is 6.92. The summed E-state index contributed by atoms with van der Waals surface area (Å²) in [6, 6.07) is 4.14. The molecule has 1 aromatic rings. The van der Waals surface area contributed by atoms with E-state index in [1.165, 1.54) is 30.2 Å². The molecule has 0 radical (unpaired) electrons. The van der Waals surface area contributed by atoms with Crippen LogP contribution in [0.25, 0.3) is 0 Å². The molecule has 0 aliphatic heterocycles. The first-order valence-corrected chi connectivity index (χ1v) is 11.3. The van der Waals surface area contributed by atoms with Gasteiger partial charge in [-0.2, -0.15) is 0 Å². The third-order valence-corrected chi connectivity index (χ3v) is 6.10. The van der Waals surface area contributed by atoms with Crippen molar-refractivity contribution >= 4 is 21.7 Å². The Morgan fingerprint density at radius 3 is 2.75 bits per heavy atom. The summed E-state index contributed by atoms with van der Waals surface area (Å²) in [6.07, 6.45) is 8.03. The smallest absolute Gasteiger partial charge is 0.337 e. The minimum atomic E-state index is -3.75. The predicted molar refractivity (Wildman–Crippen MR) is 109 cm³/mol. The molecular weight excluding hydrogens is 380 g/mol. The summed E-state index contributed by atoms with van der Waals surface area (Å²) >= 11 is 0. The molecule has 3 N–H and O–H groups in total. The van der Waals surface area contributed by atoms with Crippen LogP contribution in [0, 0.1) is 0 Å². The molecule has 1 aliphatic carbocycles. The number of allylic oxidation sites excluding steroid dienone is 1. The second-order valence-corrected chi connectivity index (χ2v) is 8.51. The zero-order chi connectivity index (χ0) is 20.4. The van der Waals surface area contributed by atoms with Gasteiger partial charge in [0, 0.05) is 32.0 Å². The van der Waals surface area contributed by atoms with Crippen molar-refractivity contribution in [2.75, 3.05) is 31.6 Å². The molecular formula is C20H30N2O5S. The number of hydrogen-bond acceptors (Lipinski definition) is 5.